The fraction of sp³-hybridized carbons (Fsp3) is 0.773. The molecule has 0 radical (unpaired) electrons. The molecule has 1 aliphatic heterocycles. The first-order chi connectivity index (χ1) is 23.7. The highest BCUT2D eigenvalue weighted by molar-refractivity contribution is 5.47. The summed E-state index contributed by atoms with van der Waals surface area (Å²) in [4.78, 5) is 0. The van der Waals surface area contributed by atoms with E-state index < -0.39 is 11.6 Å². The lowest BCUT2D eigenvalue weighted by atomic mass is 9.83. The van der Waals surface area contributed by atoms with E-state index >= 15 is 0 Å². The fourth-order valence-electron chi connectivity index (χ4n) is 4.89. The van der Waals surface area contributed by atoms with Gasteiger partial charge >= 0.3 is 0 Å². The van der Waals surface area contributed by atoms with Crippen LogP contribution in [0, 0.1) is 17.3 Å². The Hall–Kier alpha value is -1.74. The van der Waals surface area contributed by atoms with Crippen molar-refractivity contribution in [3.8, 4) is 5.75 Å². The number of allylic oxidation sites excluding steroid dienone is 2. The Morgan fingerprint density at radius 2 is 1.49 bits per heavy atom. The monoisotopic (exact) mass is 722 g/mol. The van der Waals surface area contributed by atoms with Crippen LogP contribution in [0.25, 0.3) is 0 Å². The number of aliphatic hydroxyl groups excluding tert-OH is 2. The molecule has 0 aliphatic carbocycles. The van der Waals surface area contributed by atoms with Crippen molar-refractivity contribution in [3.05, 3.63) is 52.6 Å². The first-order valence-electron chi connectivity index (χ1n) is 19.9. The summed E-state index contributed by atoms with van der Waals surface area (Å²) in [6.07, 6.45) is 11.4. The minimum atomic E-state index is -0.591. The maximum Gasteiger partial charge on any atom is 0.126 e. The molecule has 3 atom stereocenters. The van der Waals surface area contributed by atoms with Crippen LogP contribution in [0.15, 0.2) is 35.9 Å². The summed E-state index contributed by atoms with van der Waals surface area (Å²) in [6.45, 7) is 37.6. The zero-order valence-corrected chi connectivity index (χ0v) is 37.0. The zero-order chi connectivity index (χ0) is 40.6. The second-order valence-corrected chi connectivity index (χ2v) is 16.3. The SMILES string of the molecule is CC.CCC(C)/C=C/C(C)(C)C.CCCC.CNC(C)(C)c1cc2c(cc1C(C)C)OC(C(O)CNC/C(=C/C(C)(C)NO)C(C)C)CC2.CO. The van der Waals surface area contributed by atoms with Crippen LogP contribution < -0.4 is 20.9 Å². The van der Waals surface area contributed by atoms with Crippen LogP contribution in [0.5, 0.6) is 5.75 Å². The second kappa shape index (κ2) is 27.8. The van der Waals surface area contributed by atoms with E-state index in [1.165, 1.54) is 41.5 Å². The average Bonchev–Trinajstić information content (AvgIpc) is 3.10. The van der Waals surface area contributed by atoms with E-state index in [1.54, 1.807) is 0 Å². The van der Waals surface area contributed by atoms with Crippen molar-refractivity contribution >= 4 is 0 Å². The lowest BCUT2D eigenvalue weighted by Crippen LogP contribution is -2.42. The first kappa shape index (κ1) is 53.6. The van der Waals surface area contributed by atoms with Gasteiger partial charge in [0, 0.05) is 25.7 Å². The third-order valence-electron chi connectivity index (χ3n) is 8.89. The number of nitrogens with one attached hydrogen (secondary N) is 3. The maximum absolute atomic E-state index is 10.9. The minimum Gasteiger partial charge on any atom is -0.487 e. The third kappa shape index (κ3) is 22.8. The van der Waals surface area contributed by atoms with Gasteiger partial charge in [-0.1, -0.05) is 133 Å². The molecule has 51 heavy (non-hydrogen) atoms. The Morgan fingerprint density at radius 3 is 1.90 bits per heavy atom. The largest absolute Gasteiger partial charge is 0.487 e. The first-order valence-corrected chi connectivity index (χ1v) is 19.9. The van der Waals surface area contributed by atoms with E-state index in [0.717, 1.165) is 31.6 Å². The van der Waals surface area contributed by atoms with Crippen LogP contribution in [-0.4, -0.2) is 60.4 Å². The maximum atomic E-state index is 10.9. The Balaban J connectivity index is -0.00000106. The van der Waals surface area contributed by atoms with Gasteiger partial charge in [-0.15, -0.1) is 0 Å². The van der Waals surface area contributed by atoms with Gasteiger partial charge in [0.2, 0.25) is 0 Å². The molecule has 1 aromatic carbocycles. The van der Waals surface area contributed by atoms with Gasteiger partial charge in [0.05, 0.1) is 5.54 Å². The van der Waals surface area contributed by atoms with Gasteiger partial charge in [0.25, 0.3) is 0 Å². The highest BCUT2D eigenvalue weighted by atomic mass is 16.5. The molecule has 6 N–H and O–H groups in total. The van der Waals surface area contributed by atoms with E-state index in [1.807, 2.05) is 40.8 Å². The van der Waals surface area contributed by atoms with Crippen LogP contribution in [0.4, 0.5) is 0 Å². The summed E-state index contributed by atoms with van der Waals surface area (Å²) in [5.41, 5.74) is 7.09. The molecule has 0 spiro atoms. The Bertz CT molecular complexity index is 1070. The zero-order valence-electron chi connectivity index (χ0n) is 37.0. The van der Waals surface area contributed by atoms with E-state index in [4.69, 9.17) is 9.84 Å². The van der Waals surface area contributed by atoms with E-state index in [2.05, 4.69) is 130 Å². The number of aryl methyl sites for hydroxylation is 1. The Kier molecular flexibility index (Phi) is 29.2. The number of aliphatic hydroxyl groups is 2. The van der Waals surface area contributed by atoms with Crippen LogP contribution in [0.3, 0.4) is 0 Å². The van der Waals surface area contributed by atoms with Gasteiger partial charge in [0.1, 0.15) is 18.0 Å². The molecule has 0 aromatic heterocycles. The topological polar surface area (TPSA) is 106 Å². The molecule has 7 nitrogen and oxygen atoms in total. The van der Waals surface area contributed by atoms with Crippen molar-refractivity contribution in [3.63, 3.8) is 0 Å². The second-order valence-electron chi connectivity index (χ2n) is 16.3. The Labute approximate surface area is 317 Å². The molecular weight excluding hydrogens is 635 g/mol. The molecule has 1 heterocycles. The predicted octanol–water partition coefficient (Wildman–Crippen LogP) is 10.3. The van der Waals surface area contributed by atoms with Crippen molar-refractivity contribution in [2.24, 2.45) is 17.3 Å². The molecule has 0 amide bonds. The van der Waals surface area contributed by atoms with Crippen molar-refractivity contribution in [1.29, 1.82) is 0 Å². The average molecular weight is 722 g/mol. The quantitative estimate of drug-likeness (QED) is 0.0839. The third-order valence-corrected chi connectivity index (χ3v) is 8.89. The highest BCUT2D eigenvalue weighted by Crippen LogP contribution is 2.38. The number of benzene rings is 1. The molecule has 0 fully saturated rings. The molecule has 0 bridgehead atoms. The molecule has 3 unspecified atom stereocenters. The van der Waals surface area contributed by atoms with E-state index in [9.17, 15) is 10.3 Å². The highest BCUT2D eigenvalue weighted by Gasteiger charge is 2.30. The summed E-state index contributed by atoms with van der Waals surface area (Å²) in [7, 11) is 3.00. The van der Waals surface area contributed by atoms with Crippen molar-refractivity contribution in [2.75, 3.05) is 27.2 Å². The smallest absolute Gasteiger partial charge is 0.126 e. The fourth-order valence-corrected chi connectivity index (χ4v) is 4.89. The van der Waals surface area contributed by atoms with Gasteiger partial charge in [-0.25, -0.2) is 0 Å². The number of hydrogen-bond acceptors (Lipinski definition) is 7. The van der Waals surface area contributed by atoms with Gasteiger partial charge in [-0.05, 0) is 99.6 Å². The molecule has 0 saturated heterocycles. The van der Waals surface area contributed by atoms with Crippen molar-refractivity contribution in [2.45, 2.75) is 179 Å². The lowest BCUT2D eigenvalue weighted by molar-refractivity contribution is 0.0248. The van der Waals surface area contributed by atoms with Gasteiger partial charge in [-0.2, -0.15) is 5.48 Å². The van der Waals surface area contributed by atoms with E-state index in [-0.39, 0.29) is 11.6 Å². The van der Waals surface area contributed by atoms with Crippen molar-refractivity contribution in [1.82, 2.24) is 16.1 Å². The van der Waals surface area contributed by atoms with Crippen molar-refractivity contribution < 1.29 is 20.2 Å². The molecule has 7 heteroatoms. The number of ether oxygens (including phenoxy) is 1. The minimum absolute atomic E-state index is 0.114. The summed E-state index contributed by atoms with van der Waals surface area (Å²) in [5.74, 6) is 2.36. The number of unbranched alkanes of at least 4 members (excludes halogenated alkanes) is 1. The van der Waals surface area contributed by atoms with Crippen LogP contribution in [0.1, 0.15) is 166 Å². The summed E-state index contributed by atoms with van der Waals surface area (Å²) < 4.78 is 6.32. The van der Waals surface area contributed by atoms with Crippen LogP contribution >= 0.6 is 0 Å². The standard InChI is InChI=1S/C27H47N3O3.C10H20.C4H10.C2H6.CH4O/c1-17(2)20(14-26(5,6)30-32)15-29-16-23(31)24-11-10-19-12-22(27(7,8)28-9)21(18(3)4)13-25(19)33-24;1-6-9(2)7-8-10(3,4)5;1-3-4-2;2*1-2/h12-14,17-18,23-24,28-32H,10-11,15-16H2,1-9H3;7-9H,6H2,1-5H3;3-4H2,1-2H3;1-2H3;2H,1H3/b20-14-;8-7+;;;. The predicted molar refractivity (Wildman–Crippen MR) is 224 cm³/mol. The Morgan fingerprint density at radius 1 is 0.941 bits per heavy atom. The number of hydroxylamine groups is 1. The van der Waals surface area contributed by atoms with Crippen LogP contribution in [0.2, 0.25) is 0 Å². The van der Waals surface area contributed by atoms with Gasteiger partial charge < -0.3 is 30.8 Å². The normalized spacial score (nSPS) is 15.9. The molecule has 0 saturated carbocycles. The summed E-state index contributed by atoms with van der Waals surface area (Å²) in [6, 6.07) is 4.48. The molecule has 2 rings (SSSR count). The van der Waals surface area contributed by atoms with Crippen LogP contribution in [-0.2, 0) is 12.0 Å². The van der Waals surface area contributed by atoms with E-state index in [0.29, 0.717) is 30.3 Å². The molecule has 302 valence electrons. The number of hydrogen-bond donors (Lipinski definition) is 6. The molecular formula is C44H87N3O4. The van der Waals surface area contributed by atoms with Gasteiger partial charge in [0.15, 0.2) is 0 Å². The number of fused-ring (bicyclic) bond motifs is 1. The number of rotatable bonds is 14. The lowest BCUT2D eigenvalue weighted by Gasteiger charge is -2.34. The molecule has 1 aromatic rings. The summed E-state index contributed by atoms with van der Waals surface area (Å²) >= 11 is 0. The summed E-state index contributed by atoms with van der Waals surface area (Å²) in [5, 5.41) is 34.0. The van der Waals surface area contributed by atoms with Gasteiger partial charge in [-0.3, -0.25) is 0 Å². The molecule has 1 aliphatic rings.